The van der Waals surface area contributed by atoms with Crippen LogP contribution in [0.1, 0.15) is 63.4 Å². The minimum Gasteiger partial charge on any atom is -0.350 e. The summed E-state index contributed by atoms with van der Waals surface area (Å²) in [7, 11) is 0. The lowest BCUT2D eigenvalue weighted by molar-refractivity contribution is -0.763. The van der Waals surface area contributed by atoms with E-state index in [-0.39, 0.29) is 16.4 Å². The summed E-state index contributed by atoms with van der Waals surface area (Å²) in [4.78, 5) is 46.9. The van der Waals surface area contributed by atoms with Crippen molar-refractivity contribution in [3.63, 3.8) is 0 Å². The predicted octanol–water partition coefficient (Wildman–Crippen LogP) is 2.53. The van der Waals surface area contributed by atoms with Crippen molar-refractivity contribution < 1.29 is 18.9 Å². The van der Waals surface area contributed by atoms with Crippen LogP contribution in [0.2, 0.25) is 0 Å². The van der Waals surface area contributed by atoms with Gasteiger partial charge in [0.25, 0.3) is 0 Å². The molecule has 3 amide bonds. The molecule has 1 aliphatic carbocycles. The molecular formula is C24H33N4O3S+. The largest absolute Gasteiger partial charge is 0.411 e. The molecule has 32 heavy (non-hydrogen) atoms. The van der Waals surface area contributed by atoms with E-state index in [0.717, 1.165) is 50.5 Å². The van der Waals surface area contributed by atoms with Gasteiger partial charge in [0.1, 0.15) is 6.04 Å². The zero-order valence-electron chi connectivity index (χ0n) is 18.6. The number of hydrogen-bond donors (Lipinski definition) is 1. The van der Waals surface area contributed by atoms with Crippen molar-refractivity contribution >= 4 is 34.9 Å². The Labute approximate surface area is 195 Å². The summed E-state index contributed by atoms with van der Waals surface area (Å²) in [6, 6.07) is 3.46. The number of thiocarbonyl (C=S) groups is 1. The molecular weight excluding hydrogens is 424 g/mol. The van der Waals surface area contributed by atoms with Gasteiger partial charge < -0.3 is 10.2 Å². The van der Waals surface area contributed by atoms with E-state index in [2.05, 4.69) is 10.3 Å². The van der Waals surface area contributed by atoms with Gasteiger partial charge in [0.2, 0.25) is 0 Å². The fourth-order valence-corrected chi connectivity index (χ4v) is 5.86. The minimum absolute atomic E-state index is 0.0499. The van der Waals surface area contributed by atoms with Crippen molar-refractivity contribution in [2.75, 3.05) is 19.6 Å². The molecule has 0 radical (unpaired) electrons. The lowest BCUT2D eigenvalue weighted by atomic mass is 9.95. The third-order valence-electron chi connectivity index (χ3n) is 7.24. The molecule has 1 N–H and O–H groups in total. The maximum absolute atomic E-state index is 13.8. The maximum Gasteiger partial charge on any atom is 0.411 e. The second-order valence-electron chi connectivity index (χ2n) is 9.35. The van der Waals surface area contributed by atoms with Crippen LogP contribution in [0.4, 0.5) is 0 Å². The molecule has 0 bridgehead atoms. The monoisotopic (exact) mass is 457 g/mol. The highest BCUT2D eigenvalue weighted by Gasteiger charge is 2.54. The van der Waals surface area contributed by atoms with Crippen molar-refractivity contribution in [1.29, 1.82) is 0 Å². The normalized spacial score (nSPS) is 23.1. The van der Waals surface area contributed by atoms with Crippen LogP contribution < -0.4 is 5.32 Å². The first-order valence-electron chi connectivity index (χ1n) is 12.0. The highest BCUT2D eigenvalue weighted by Crippen LogP contribution is 2.29. The number of hydrogen-bond acceptors (Lipinski definition) is 5. The minimum atomic E-state index is -0.587. The lowest BCUT2D eigenvalue weighted by Crippen LogP contribution is -2.65. The molecule has 2 saturated heterocycles. The van der Waals surface area contributed by atoms with Gasteiger partial charge in [-0.1, -0.05) is 31.5 Å². The van der Waals surface area contributed by atoms with Gasteiger partial charge >= 0.3 is 17.7 Å². The first-order chi connectivity index (χ1) is 15.5. The SMILES string of the molecule is O=C(NC1CCCCC1)C(=O)[N+]1(C(=O)C2CCCN2C(=S)Cc2ccncc2)CCCC1. The first kappa shape index (κ1) is 23.0. The van der Waals surface area contributed by atoms with Crippen LogP contribution in [0.15, 0.2) is 24.5 Å². The van der Waals surface area contributed by atoms with Crippen LogP contribution in [0.25, 0.3) is 0 Å². The predicted molar refractivity (Wildman–Crippen MR) is 125 cm³/mol. The van der Waals surface area contributed by atoms with Gasteiger partial charge in [-0.05, 0) is 43.4 Å². The standard InChI is InChI=1S/C24H32N4O3S/c29-22(26-19-7-2-1-3-8-19)24(31)28(15-4-5-16-28)23(30)20-9-6-14-27(20)21(32)17-18-10-12-25-13-11-18/h10-13,19-20H,1-9,14-17H2/p+1. The quantitative estimate of drug-likeness (QED) is 0.425. The Kier molecular flexibility index (Phi) is 7.30. The second kappa shape index (κ2) is 10.2. The van der Waals surface area contributed by atoms with E-state index in [9.17, 15) is 14.4 Å². The molecule has 1 atom stereocenters. The smallest absolute Gasteiger partial charge is 0.350 e. The van der Waals surface area contributed by atoms with Crippen LogP contribution in [-0.2, 0) is 20.8 Å². The number of amides is 3. The molecule has 1 aromatic heterocycles. The number of nitrogens with zero attached hydrogens (tertiary/aromatic N) is 3. The second-order valence-corrected chi connectivity index (χ2v) is 9.82. The Hall–Kier alpha value is -2.19. The lowest BCUT2D eigenvalue weighted by Gasteiger charge is -2.34. The number of rotatable bonds is 4. The molecule has 2 aliphatic heterocycles. The third-order valence-corrected chi connectivity index (χ3v) is 7.62. The van der Waals surface area contributed by atoms with Crippen molar-refractivity contribution in [1.82, 2.24) is 15.2 Å². The number of likely N-dealkylation sites (tertiary alicyclic amines) is 2. The van der Waals surface area contributed by atoms with E-state index < -0.39 is 17.9 Å². The van der Waals surface area contributed by atoms with Gasteiger partial charge in [0.05, 0.1) is 18.1 Å². The highest BCUT2D eigenvalue weighted by atomic mass is 32.1. The Morgan fingerprint density at radius 1 is 1.00 bits per heavy atom. The molecule has 1 aromatic rings. The van der Waals surface area contributed by atoms with Crippen LogP contribution in [-0.4, -0.2) is 68.8 Å². The Morgan fingerprint density at radius 2 is 1.69 bits per heavy atom. The van der Waals surface area contributed by atoms with Crippen LogP contribution in [0.5, 0.6) is 0 Å². The first-order valence-corrected chi connectivity index (χ1v) is 12.4. The van der Waals surface area contributed by atoms with Crippen molar-refractivity contribution in [2.45, 2.75) is 76.3 Å². The number of pyridine rings is 1. The number of imide groups is 1. The molecule has 1 saturated carbocycles. The van der Waals surface area contributed by atoms with E-state index >= 15 is 0 Å². The van der Waals surface area contributed by atoms with Crippen molar-refractivity contribution in [3.8, 4) is 0 Å². The van der Waals surface area contributed by atoms with Gasteiger partial charge in [0, 0.05) is 44.2 Å². The number of carbonyl (C=O) groups is 3. The molecule has 1 unspecified atom stereocenters. The molecule has 0 spiro atoms. The number of carbonyl (C=O) groups excluding carboxylic acids is 3. The fourth-order valence-electron chi connectivity index (χ4n) is 5.47. The molecule has 0 aromatic carbocycles. The molecule has 3 fully saturated rings. The van der Waals surface area contributed by atoms with E-state index in [1.807, 2.05) is 17.0 Å². The fraction of sp³-hybridized carbons (Fsp3) is 0.625. The van der Waals surface area contributed by atoms with Gasteiger partial charge in [-0.15, -0.1) is 0 Å². The van der Waals surface area contributed by atoms with E-state index in [0.29, 0.717) is 37.5 Å². The summed E-state index contributed by atoms with van der Waals surface area (Å²) in [6.07, 6.45) is 12.3. The third kappa shape index (κ3) is 4.76. The van der Waals surface area contributed by atoms with Crippen molar-refractivity contribution in [3.05, 3.63) is 30.1 Å². The van der Waals surface area contributed by atoms with Crippen LogP contribution >= 0.6 is 12.2 Å². The van der Waals surface area contributed by atoms with E-state index in [4.69, 9.17) is 12.2 Å². The molecule has 3 heterocycles. The van der Waals surface area contributed by atoms with E-state index in [1.165, 1.54) is 6.42 Å². The van der Waals surface area contributed by atoms with Crippen LogP contribution in [0, 0.1) is 0 Å². The molecule has 172 valence electrons. The van der Waals surface area contributed by atoms with Crippen molar-refractivity contribution in [2.24, 2.45) is 0 Å². The molecule has 7 nitrogen and oxygen atoms in total. The summed E-state index contributed by atoms with van der Waals surface area (Å²) >= 11 is 5.71. The van der Waals surface area contributed by atoms with Crippen LogP contribution in [0.3, 0.4) is 0 Å². The zero-order chi connectivity index (χ0) is 22.6. The van der Waals surface area contributed by atoms with Gasteiger partial charge in [-0.3, -0.25) is 9.78 Å². The highest BCUT2D eigenvalue weighted by molar-refractivity contribution is 7.80. The summed E-state index contributed by atoms with van der Waals surface area (Å²) in [5, 5.41) is 2.93. The van der Waals surface area contributed by atoms with Gasteiger partial charge in [-0.25, -0.2) is 9.59 Å². The number of aromatic nitrogens is 1. The molecule has 4 rings (SSSR count). The average molecular weight is 458 g/mol. The molecule has 3 aliphatic rings. The Morgan fingerprint density at radius 3 is 2.38 bits per heavy atom. The number of quaternary nitrogens is 1. The summed E-state index contributed by atoms with van der Waals surface area (Å²) in [5.41, 5.74) is 1.05. The number of nitrogens with one attached hydrogen (secondary N) is 1. The summed E-state index contributed by atoms with van der Waals surface area (Å²) in [5.74, 6) is -1.32. The summed E-state index contributed by atoms with van der Waals surface area (Å²) in [6.45, 7) is 1.54. The van der Waals surface area contributed by atoms with E-state index in [1.54, 1.807) is 12.4 Å². The molecule has 8 heteroatoms. The summed E-state index contributed by atoms with van der Waals surface area (Å²) < 4.78 is -0.350. The van der Waals surface area contributed by atoms with Gasteiger partial charge in [-0.2, -0.15) is 4.48 Å². The maximum atomic E-state index is 13.8. The topological polar surface area (TPSA) is 79.4 Å². The zero-order valence-corrected chi connectivity index (χ0v) is 19.4. The Bertz CT molecular complexity index is 863. The Balaban J connectivity index is 1.48. The average Bonchev–Trinajstić information content (AvgIpc) is 3.50. The van der Waals surface area contributed by atoms with Gasteiger partial charge in [0.15, 0.2) is 0 Å².